The molecule has 0 aromatic carbocycles. The zero-order valence-corrected chi connectivity index (χ0v) is 14.3. The molecule has 2 aliphatic heterocycles. The summed E-state index contributed by atoms with van der Waals surface area (Å²) in [5, 5.41) is 0. The molecule has 2 aliphatic rings. The highest BCUT2D eigenvalue weighted by atomic mass is 35.5. The third kappa shape index (κ3) is 3.80. The number of ketones is 1. The molecule has 116 valence electrons. The van der Waals surface area contributed by atoms with Gasteiger partial charge in [-0.25, -0.2) is 0 Å². The first-order valence-corrected chi connectivity index (χ1v) is 9.15. The van der Waals surface area contributed by atoms with Crippen molar-refractivity contribution in [3.05, 3.63) is 20.3 Å². The first-order chi connectivity index (χ1) is 10.1. The van der Waals surface area contributed by atoms with Crippen molar-refractivity contribution in [2.75, 3.05) is 32.7 Å². The molecule has 0 bridgehead atoms. The minimum absolute atomic E-state index is 0.0856. The molecule has 3 nitrogen and oxygen atoms in total. The van der Waals surface area contributed by atoms with E-state index in [1.165, 1.54) is 50.1 Å². The van der Waals surface area contributed by atoms with Gasteiger partial charge in [-0.15, -0.1) is 11.3 Å². The Morgan fingerprint density at radius 1 is 1.24 bits per heavy atom. The second-order valence-electron chi connectivity index (χ2n) is 5.94. The van der Waals surface area contributed by atoms with Gasteiger partial charge in [0.2, 0.25) is 0 Å². The molecule has 0 aliphatic carbocycles. The van der Waals surface area contributed by atoms with Crippen molar-refractivity contribution >= 4 is 40.3 Å². The van der Waals surface area contributed by atoms with Crippen LogP contribution in [0.5, 0.6) is 0 Å². The van der Waals surface area contributed by atoms with E-state index in [1.54, 1.807) is 6.07 Å². The summed E-state index contributed by atoms with van der Waals surface area (Å²) in [6.07, 6.45) is 5.17. The third-order valence-corrected chi connectivity index (χ3v) is 5.97. The SMILES string of the molecule is O=C(CN1CCC(N2CCCCC2)C1)c1cc(Cl)sc1Cl. The third-order valence-electron chi connectivity index (χ3n) is 4.48. The van der Waals surface area contributed by atoms with Gasteiger partial charge in [0.15, 0.2) is 5.78 Å². The highest BCUT2D eigenvalue weighted by Gasteiger charge is 2.29. The lowest BCUT2D eigenvalue weighted by Gasteiger charge is -2.32. The molecule has 0 radical (unpaired) electrons. The second kappa shape index (κ2) is 6.97. The van der Waals surface area contributed by atoms with E-state index in [2.05, 4.69) is 9.80 Å². The van der Waals surface area contributed by atoms with E-state index in [4.69, 9.17) is 23.2 Å². The van der Waals surface area contributed by atoms with Crippen molar-refractivity contribution in [2.45, 2.75) is 31.7 Å². The van der Waals surface area contributed by atoms with Gasteiger partial charge in [0, 0.05) is 19.1 Å². The summed E-state index contributed by atoms with van der Waals surface area (Å²) >= 11 is 13.2. The highest BCUT2D eigenvalue weighted by Crippen LogP contribution is 2.31. The van der Waals surface area contributed by atoms with Crippen LogP contribution in [0.4, 0.5) is 0 Å². The first-order valence-electron chi connectivity index (χ1n) is 7.58. The Labute approximate surface area is 139 Å². The summed E-state index contributed by atoms with van der Waals surface area (Å²) in [4.78, 5) is 17.2. The molecular formula is C15H20Cl2N2OS. The predicted molar refractivity (Wildman–Crippen MR) is 88.9 cm³/mol. The van der Waals surface area contributed by atoms with Crippen LogP contribution in [0.25, 0.3) is 0 Å². The summed E-state index contributed by atoms with van der Waals surface area (Å²) in [6, 6.07) is 2.31. The number of halogens is 2. The van der Waals surface area contributed by atoms with E-state index in [0.29, 0.717) is 26.8 Å². The number of hydrogen-bond donors (Lipinski definition) is 0. The Bertz CT molecular complexity index is 514. The van der Waals surface area contributed by atoms with Crippen LogP contribution in [0.1, 0.15) is 36.0 Å². The number of Topliss-reactive ketones (excluding diaryl/α,β-unsaturated/α-hetero) is 1. The van der Waals surface area contributed by atoms with Gasteiger partial charge in [-0.2, -0.15) is 0 Å². The molecule has 1 unspecified atom stereocenters. The van der Waals surface area contributed by atoms with Crippen LogP contribution >= 0.6 is 34.5 Å². The quantitative estimate of drug-likeness (QED) is 0.774. The maximum atomic E-state index is 12.3. The van der Waals surface area contributed by atoms with Gasteiger partial charge in [0.1, 0.15) is 4.34 Å². The fourth-order valence-corrected chi connectivity index (χ4v) is 4.86. The van der Waals surface area contributed by atoms with Crippen molar-refractivity contribution < 1.29 is 4.79 Å². The van der Waals surface area contributed by atoms with Crippen LogP contribution < -0.4 is 0 Å². The van der Waals surface area contributed by atoms with Crippen molar-refractivity contribution in [1.82, 2.24) is 9.80 Å². The standard InChI is InChI=1S/C15H20Cl2N2OS/c16-14-8-12(15(17)21-14)13(20)10-18-7-4-11(9-18)19-5-2-1-3-6-19/h8,11H,1-7,9-10H2. The van der Waals surface area contributed by atoms with Crippen LogP contribution in [0.2, 0.25) is 8.67 Å². The molecule has 0 amide bonds. The topological polar surface area (TPSA) is 23.6 Å². The molecule has 1 atom stereocenters. The Balaban J connectivity index is 1.54. The molecule has 0 saturated carbocycles. The Hall–Kier alpha value is -0.130. The minimum Gasteiger partial charge on any atom is -0.299 e. The van der Waals surface area contributed by atoms with Gasteiger partial charge in [-0.05, 0) is 38.4 Å². The molecule has 2 saturated heterocycles. The molecular weight excluding hydrogens is 327 g/mol. The number of carbonyl (C=O) groups excluding carboxylic acids is 1. The molecule has 21 heavy (non-hydrogen) atoms. The van der Waals surface area contributed by atoms with Gasteiger partial charge in [0.05, 0.1) is 16.4 Å². The van der Waals surface area contributed by atoms with Gasteiger partial charge in [0.25, 0.3) is 0 Å². The monoisotopic (exact) mass is 346 g/mol. The van der Waals surface area contributed by atoms with Crippen molar-refractivity contribution in [3.63, 3.8) is 0 Å². The number of rotatable bonds is 4. The average Bonchev–Trinajstić information content (AvgIpc) is 3.06. The van der Waals surface area contributed by atoms with Gasteiger partial charge in [-0.3, -0.25) is 14.6 Å². The predicted octanol–water partition coefficient (Wildman–Crippen LogP) is 3.80. The van der Waals surface area contributed by atoms with Crippen molar-refractivity contribution in [2.24, 2.45) is 0 Å². The lowest BCUT2D eigenvalue weighted by molar-refractivity contribution is 0.0936. The largest absolute Gasteiger partial charge is 0.299 e. The van der Waals surface area contributed by atoms with E-state index in [9.17, 15) is 4.79 Å². The van der Waals surface area contributed by atoms with Crippen molar-refractivity contribution in [3.8, 4) is 0 Å². The summed E-state index contributed by atoms with van der Waals surface area (Å²) in [5.74, 6) is 0.0856. The Morgan fingerprint density at radius 2 is 2.00 bits per heavy atom. The van der Waals surface area contributed by atoms with E-state index in [0.717, 1.165) is 13.1 Å². The van der Waals surface area contributed by atoms with E-state index in [-0.39, 0.29) is 5.78 Å². The molecule has 2 fully saturated rings. The van der Waals surface area contributed by atoms with Crippen LogP contribution in [0.15, 0.2) is 6.07 Å². The summed E-state index contributed by atoms with van der Waals surface area (Å²) in [5.41, 5.74) is 0.577. The molecule has 0 spiro atoms. The zero-order valence-electron chi connectivity index (χ0n) is 12.0. The zero-order chi connectivity index (χ0) is 14.8. The minimum atomic E-state index is 0.0856. The second-order valence-corrected chi connectivity index (χ2v) is 8.22. The Kier molecular flexibility index (Phi) is 5.23. The van der Waals surface area contributed by atoms with E-state index < -0.39 is 0 Å². The van der Waals surface area contributed by atoms with Gasteiger partial charge < -0.3 is 0 Å². The number of thiophene rings is 1. The highest BCUT2D eigenvalue weighted by molar-refractivity contribution is 7.20. The maximum Gasteiger partial charge on any atom is 0.179 e. The molecule has 3 heterocycles. The summed E-state index contributed by atoms with van der Waals surface area (Å²) in [7, 11) is 0. The lowest BCUT2D eigenvalue weighted by Crippen LogP contribution is -2.41. The molecule has 0 N–H and O–H groups in total. The Morgan fingerprint density at radius 3 is 2.67 bits per heavy atom. The number of hydrogen-bond acceptors (Lipinski definition) is 4. The van der Waals surface area contributed by atoms with Crippen LogP contribution in [0.3, 0.4) is 0 Å². The molecule has 3 rings (SSSR count). The van der Waals surface area contributed by atoms with E-state index in [1.807, 2.05) is 0 Å². The number of carbonyl (C=O) groups is 1. The normalized spacial score (nSPS) is 24.6. The average molecular weight is 347 g/mol. The lowest BCUT2D eigenvalue weighted by atomic mass is 10.1. The molecule has 1 aromatic rings. The van der Waals surface area contributed by atoms with Crippen molar-refractivity contribution in [1.29, 1.82) is 0 Å². The molecule has 1 aromatic heterocycles. The van der Waals surface area contributed by atoms with Crippen LogP contribution in [-0.4, -0.2) is 54.3 Å². The number of nitrogens with zero attached hydrogens (tertiary/aromatic N) is 2. The maximum absolute atomic E-state index is 12.3. The number of likely N-dealkylation sites (tertiary alicyclic amines) is 2. The smallest absolute Gasteiger partial charge is 0.179 e. The molecule has 6 heteroatoms. The number of piperidine rings is 1. The van der Waals surface area contributed by atoms with Gasteiger partial charge >= 0.3 is 0 Å². The fourth-order valence-electron chi connectivity index (χ4n) is 3.36. The van der Waals surface area contributed by atoms with Crippen LogP contribution in [0, 0.1) is 0 Å². The summed E-state index contributed by atoms with van der Waals surface area (Å²) in [6.45, 7) is 4.90. The van der Waals surface area contributed by atoms with Gasteiger partial charge in [-0.1, -0.05) is 29.6 Å². The van der Waals surface area contributed by atoms with E-state index >= 15 is 0 Å². The van der Waals surface area contributed by atoms with Crippen LogP contribution in [-0.2, 0) is 0 Å². The fraction of sp³-hybridized carbons (Fsp3) is 0.667. The summed E-state index contributed by atoms with van der Waals surface area (Å²) < 4.78 is 1.09. The first kappa shape index (κ1) is 15.8.